The minimum Gasteiger partial charge on any atom is -0.364 e. The van der Waals surface area contributed by atoms with Crippen molar-refractivity contribution < 1.29 is 18.3 Å². The van der Waals surface area contributed by atoms with E-state index in [2.05, 4.69) is 5.32 Å². The number of carbonyl (C=O) groups excluding carboxylic acids is 1. The van der Waals surface area contributed by atoms with Gasteiger partial charge in [-0.1, -0.05) is 24.3 Å². The van der Waals surface area contributed by atoms with E-state index in [1.54, 1.807) is 24.3 Å². The molecule has 2 aromatic rings. The Balaban J connectivity index is 0.00000243. The molecule has 7 heteroatoms. The number of rotatable bonds is 5. The lowest BCUT2D eigenvalue weighted by molar-refractivity contribution is -0.132. The molecule has 140 valence electrons. The van der Waals surface area contributed by atoms with Gasteiger partial charge in [0.15, 0.2) is 0 Å². The number of nitrogens with one attached hydrogen (secondary N) is 1. The number of hydrogen-bond donors (Lipinski definition) is 2. The topological polar surface area (TPSA) is 64.4 Å². The second-order valence-corrected chi connectivity index (χ2v) is 6.10. The molecule has 2 aromatic carbocycles. The van der Waals surface area contributed by atoms with Gasteiger partial charge in [0.2, 0.25) is 5.91 Å². The molecule has 0 aliphatic carbocycles. The summed E-state index contributed by atoms with van der Waals surface area (Å²) in [4.78, 5) is 12.6. The predicted octanol–water partition coefficient (Wildman–Crippen LogP) is 3.10. The van der Waals surface area contributed by atoms with E-state index in [9.17, 15) is 13.6 Å². The average Bonchev–Trinajstić information content (AvgIpc) is 3.11. The van der Waals surface area contributed by atoms with Crippen LogP contribution in [0, 0.1) is 11.6 Å². The molecule has 1 saturated heterocycles. The normalized spacial score (nSPS) is 19.2. The third-order valence-electron chi connectivity index (χ3n) is 4.36. The smallest absolute Gasteiger partial charge is 0.249 e. The highest BCUT2D eigenvalue weighted by Crippen LogP contribution is 2.25. The lowest BCUT2D eigenvalue weighted by Crippen LogP contribution is -2.38. The Bertz CT molecular complexity index is 680. The fraction of sp³-hybridized carbons (Fsp3) is 0.316. The molecule has 0 radical (unpaired) electrons. The van der Waals surface area contributed by atoms with Crippen LogP contribution in [0.2, 0.25) is 0 Å². The highest BCUT2D eigenvalue weighted by molar-refractivity contribution is 5.85. The molecule has 1 aliphatic heterocycles. The zero-order valence-corrected chi connectivity index (χ0v) is 14.8. The van der Waals surface area contributed by atoms with Gasteiger partial charge in [-0.25, -0.2) is 8.78 Å². The van der Waals surface area contributed by atoms with Crippen molar-refractivity contribution in [2.75, 3.05) is 6.54 Å². The van der Waals surface area contributed by atoms with Crippen LogP contribution in [0.4, 0.5) is 8.78 Å². The molecule has 1 fully saturated rings. The van der Waals surface area contributed by atoms with Crippen LogP contribution in [0.5, 0.6) is 0 Å². The Morgan fingerprint density at radius 2 is 1.54 bits per heavy atom. The summed E-state index contributed by atoms with van der Waals surface area (Å²) in [6, 6.07) is 11.2. The molecule has 1 heterocycles. The molecular weight excluding hydrogens is 362 g/mol. The first kappa shape index (κ1) is 20.3. The van der Waals surface area contributed by atoms with E-state index in [0.717, 1.165) is 6.42 Å². The van der Waals surface area contributed by atoms with Crippen LogP contribution < -0.4 is 11.1 Å². The van der Waals surface area contributed by atoms with Crippen LogP contribution in [0.25, 0.3) is 0 Å². The highest BCUT2D eigenvalue weighted by Gasteiger charge is 2.31. The van der Waals surface area contributed by atoms with Gasteiger partial charge in [-0.2, -0.15) is 0 Å². The van der Waals surface area contributed by atoms with E-state index in [1.165, 1.54) is 24.3 Å². The summed E-state index contributed by atoms with van der Waals surface area (Å²) >= 11 is 0. The second kappa shape index (κ2) is 9.07. The number of carbonyl (C=O) groups is 1. The summed E-state index contributed by atoms with van der Waals surface area (Å²) in [6.07, 6.45) is 0.683. The predicted molar refractivity (Wildman–Crippen MR) is 97.0 cm³/mol. The summed E-state index contributed by atoms with van der Waals surface area (Å²) in [5.74, 6) is -0.981. The minimum atomic E-state index is -0.558. The van der Waals surface area contributed by atoms with Crippen LogP contribution in [0.1, 0.15) is 30.0 Å². The van der Waals surface area contributed by atoms with E-state index in [-0.39, 0.29) is 36.1 Å². The maximum absolute atomic E-state index is 13.2. The largest absolute Gasteiger partial charge is 0.364 e. The third-order valence-corrected chi connectivity index (χ3v) is 4.36. The molecule has 1 amide bonds. The van der Waals surface area contributed by atoms with Crippen LogP contribution in [0.3, 0.4) is 0 Å². The van der Waals surface area contributed by atoms with E-state index in [4.69, 9.17) is 10.5 Å². The number of ether oxygens (including phenoxy) is 1. The fourth-order valence-corrected chi connectivity index (χ4v) is 2.98. The number of amides is 1. The Labute approximate surface area is 157 Å². The number of nitrogens with two attached hydrogens (primary N) is 1. The standard InChI is InChI=1S/C19H20F2N2O2.ClH/c20-14-5-1-12(2-6-14)18(13-3-7-15(21)8-4-13)23-19(24)17-10-9-16(11-22)25-17;/h1-8,16-18H,9-11,22H2,(H,23,24);1H/t16-,17+;/m1./s1. The van der Waals surface area contributed by atoms with Gasteiger partial charge in [-0.05, 0) is 48.2 Å². The third kappa shape index (κ3) is 4.78. The quantitative estimate of drug-likeness (QED) is 0.835. The van der Waals surface area contributed by atoms with Gasteiger partial charge in [0.1, 0.15) is 17.7 Å². The molecular formula is C19H21ClF2N2O2. The summed E-state index contributed by atoms with van der Waals surface area (Å²) in [7, 11) is 0. The number of halogens is 3. The van der Waals surface area contributed by atoms with Gasteiger partial charge in [0.05, 0.1) is 12.1 Å². The van der Waals surface area contributed by atoms with Crippen molar-refractivity contribution in [3.63, 3.8) is 0 Å². The van der Waals surface area contributed by atoms with E-state index in [1.807, 2.05) is 0 Å². The minimum absolute atomic E-state index is 0. The molecule has 1 aliphatic rings. The maximum atomic E-state index is 13.2. The van der Waals surface area contributed by atoms with Crippen molar-refractivity contribution in [1.82, 2.24) is 5.32 Å². The van der Waals surface area contributed by atoms with Gasteiger partial charge in [0, 0.05) is 6.54 Å². The van der Waals surface area contributed by atoms with Crippen molar-refractivity contribution in [1.29, 1.82) is 0 Å². The van der Waals surface area contributed by atoms with Crippen molar-refractivity contribution in [2.45, 2.75) is 31.1 Å². The average molecular weight is 383 g/mol. The fourth-order valence-electron chi connectivity index (χ4n) is 2.98. The molecule has 0 spiro atoms. The molecule has 3 N–H and O–H groups in total. The molecule has 0 unspecified atom stereocenters. The van der Waals surface area contributed by atoms with Gasteiger partial charge in [-0.3, -0.25) is 4.79 Å². The zero-order valence-electron chi connectivity index (χ0n) is 14.0. The van der Waals surface area contributed by atoms with E-state index < -0.39 is 12.1 Å². The summed E-state index contributed by atoms with van der Waals surface area (Å²) in [5, 5.41) is 2.93. The Morgan fingerprint density at radius 1 is 1.04 bits per heavy atom. The molecule has 2 atom stereocenters. The Hall–Kier alpha value is -2.02. The van der Waals surface area contributed by atoms with Crippen LogP contribution in [-0.4, -0.2) is 24.7 Å². The van der Waals surface area contributed by atoms with Gasteiger partial charge >= 0.3 is 0 Å². The first-order chi connectivity index (χ1) is 12.1. The van der Waals surface area contributed by atoms with Crippen molar-refractivity contribution in [3.8, 4) is 0 Å². The monoisotopic (exact) mass is 382 g/mol. The van der Waals surface area contributed by atoms with E-state index in [0.29, 0.717) is 24.1 Å². The van der Waals surface area contributed by atoms with Gasteiger partial charge in [-0.15, -0.1) is 12.4 Å². The summed E-state index contributed by atoms with van der Waals surface area (Å²) in [5.41, 5.74) is 6.99. The molecule has 0 saturated carbocycles. The van der Waals surface area contributed by atoms with E-state index >= 15 is 0 Å². The Morgan fingerprint density at radius 3 is 1.96 bits per heavy atom. The lowest BCUT2D eigenvalue weighted by Gasteiger charge is -2.22. The molecule has 3 rings (SSSR count). The molecule has 0 aromatic heterocycles. The van der Waals surface area contributed by atoms with Crippen molar-refractivity contribution >= 4 is 18.3 Å². The number of benzene rings is 2. The highest BCUT2D eigenvalue weighted by atomic mass is 35.5. The number of hydrogen-bond acceptors (Lipinski definition) is 3. The SMILES string of the molecule is Cl.NC[C@H]1CC[C@@H](C(=O)NC(c2ccc(F)cc2)c2ccc(F)cc2)O1. The van der Waals surface area contributed by atoms with Crippen molar-refractivity contribution in [3.05, 3.63) is 71.3 Å². The Kier molecular flexibility index (Phi) is 7.08. The van der Waals surface area contributed by atoms with Crippen LogP contribution in [-0.2, 0) is 9.53 Å². The molecule has 4 nitrogen and oxygen atoms in total. The summed E-state index contributed by atoms with van der Waals surface area (Å²) in [6.45, 7) is 0.378. The second-order valence-electron chi connectivity index (χ2n) is 6.10. The lowest BCUT2D eigenvalue weighted by atomic mass is 9.98. The zero-order chi connectivity index (χ0) is 17.8. The first-order valence-electron chi connectivity index (χ1n) is 8.23. The van der Waals surface area contributed by atoms with Gasteiger partial charge in [0.25, 0.3) is 0 Å². The van der Waals surface area contributed by atoms with Crippen LogP contribution in [0.15, 0.2) is 48.5 Å². The van der Waals surface area contributed by atoms with Crippen molar-refractivity contribution in [2.24, 2.45) is 5.73 Å². The molecule has 0 bridgehead atoms. The van der Waals surface area contributed by atoms with Crippen LogP contribution >= 0.6 is 12.4 Å². The maximum Gasteiger partial charge on any atom is 0.249 e. The molecule has 26 heavy (non-hydrogen) atoms. The first-order valence-corrected chi connectivity index (χ1v) is 8.23. The summed E-state index contributed by atoms with van der Waals surface area (Å²) < 4.78 is 32.1. The van der Waals surface area contributed by atoms with Gasteiger partial charge < -0.3 is 15.8 Å².